The summed E-state index contributed by atoms with van der Waals surface area (Å²) in [5.74, 6) is 0.906. The zero-order valence-corrected chi connectivity index (χ0v) is 16.4. The predicted molar refractivity (Wildman–Crippen MR) is 110 cm³/mol. The van der Waals surface area contributed by atoms with Crippen molar-refractivity contribution in [2.75, 3.05) is 33.5 Å². The third-order valence-electron chi connectivity index (χ3n) is 3.94. The molecule has 140 valence electrons. The molecule has 0 aliphatic rings. The number of hydrogen-bond acceptors (Lipinski definition) is 3. The molecule has 3 aromatic rings. The highest BCUT2D eigenvalue weighted by Gasteiger charge is 2.31. The lowest BCUT2D eigenvalue weighted by Crippen LogP contribution is -2.12. The SMILES string of the molecule is COCCOCCOc1ccccc1[S+](c1ccccc1)c1ccccc1. The zero-order valence-electron chi connectivity index (χ0n) is 15.5. The molecule has 0 atom stereocenters. The molecule has 0 unspecified atom stereocenters. The molecule has 3 rings (SSSR count). The smallest absolute Gasteiger partial charge is 0.208 e. The van der Waals surface area contributed by atoms with Crippen LogP contribution < -0.4 is 4.74 Å². The van der Waals surface area contributed by atoms with Crippen molar-refractivity contribution in [3.8, 4) is 5.75 Å². The van der Waals surface area contributed by atoms with Crippen LogP contribution >= 0.6 is 0 Å². The first-order valence-corrected chi connectivity index (χ1v) is 10.3. The molecule has 4 heteroatoms. The number of rotatable bonds is 10. The largest absolute Gasteiger partial charge is 0.486 e. The lowest BCUT2D eigenvalue weighted by atomic mass is 10.3. The van der Waals surface area contributed by atoms with E-state index in [1.807, 2.05) is 12.1 Å². The Morgan fingerprint density at radius 2 is 1.19 bits per heavy atom. The van der Waals surface area contributed by atoms with Gasteiger partial charge in [0, 0.05) is 7.11 Å². The molecule has 0 radical (unpaired) electrons. The molecule has 0 saturated carbocycles. The standard InChI is InChI=1S/C23H25O3S/c1-24-16-17-25-18-19-26-22-14-8-9-15-23(22)27(20-10-4-2-5-11-20)21-12-6-3-7-13-21/h2-15H,16-19H2,1H3/q+1. The molecule has 0 aliphatic heterocycles. The van der Waals surface area contributed by atoms with E-state index in [0.717, 1.165) is 5.75 Å². The van der Waals surface area contributed by atoms with Crippen LogP contribution in [0.4, 0.5) is 0 Å². The van der Waals surface area contributed by atoms with E-state index in [1.165, 1.54) is 14.7 Å². The second kappa shape index (κ2) is 10.8. The minimum Gasteiger partial charge on any atom is -0.486 e. The van der Waals surface area contributed by atoms with Gasteiger partial charge in [0.2, 0.25) is 4.90 Å². The van der Waals surface area contributed by atoms with E-state index in [4.69, 9.17) is 14.2 Å². The topological polar surface area (TPSA) is 27.7 Å². The fraction of sp³-hybridized carbons (Fsp3) is 0.217. The van der Waals surface area contributed by atoms with Crippen LogP contribution in [-0.4, -0.2) is 33.5 Å². The highest BCUT2D eigenvalue weighted by Crippen LogP contribution is 2.36. The summed E-state index contributed by atoms with van der Waals surface area (Å²) in [6.07, 6.45) is 0. The lowest BCUT2D eigenvalue weighted by Gasteiger charge is -2.13. The molecule has 0 aliphatic carbocycles. The molecule has 3 nitrogen and oxygen atoms in total. The maximum atomic E-state index is 6.08. The van der Waals surface area contributed by atoms with Crippen LogP contribution in [0.15, 0.2) is 99.6 Å². The van der Waals surface area contributed by atoms with Gasteiger partial charge in [-0.2, -0.15) is 0 Å². The predicted octanol–water partition coefficient (Wildman–Crippen LogP) is 4.82. The van der Waals surface area contributed by atoms with Gasteiger partial charge in [-0.15, -0.1) is 0 Å². The molecule has 0 amide bonds. The van der Waals surface area contributed by atoms with E-state index in [-0.39, 0.29) is 10.9 Å². The van der Waals surface area contributed by atoms with Crippen molar-refractivity contribution in [1.29, 1.82) is 0 Å². The molecule has 0 fully saturated rings. The van der Waals surface area contributed by atoms with Crippen molar-refractivity contribution in [3.63, 3.8) is 0 Å². The normalized spacial score (nSPS) is 10.9. The zero-order chi connectivity index (χ0) is 18.7. The second-order valence-corrected chi connectivity index (χ2v) is 7.83. The number of methoxy groups -OCH3 is 1. The number of ether oxygens (including phenoxy) is 3. The minimum atomic E-state index is -0.222. The van der Waals surface area contributed by atoms with Gasteiger partial charge in [0.1, 0.15) is 17.5 Å². The van der Waals surface area contributed by atoms with Gasteiger partial charge in [0.15, 0.2) is 15.5 Å². The summed E-state index contributed by atoms with van der Waals surface area (Å²) in [4.78, 5) is 3.74. The van der Waals surface area contributed by atoms with Gasteiger partial charge >= 0.3 is 0 Å². The number of benzene rings is 3. The molecule has 0 saturated heterocycles. The summed E-state index contributed by atoms with van der Waals surface area (Å²) >= 11 is 0. The van der Waals surface area contributed by atoms with Gasteiger partial charge in [-0.1, -0.05) is 48.5 Å². The van der Waals surface area contributed by atoms with E-state index < -0.39 is 0 Å². The molecule has 0 spiro atoms. The van der Waals surface area contributed by atoms with Crippen LogP contribution in [0, 0.1) is 0 Å². The van der Waals surface area contributed by atoms with Gasteiger partial charge in [0.05, 0.1) is 19.8 Å². The Morgan fingerprint density at radius 1 is 0.630 bits per heavy atom. The van der Waals surface area contributed by atoms with Crippen molar-refractivity contribution < 1.29 is 14.2 Å². The second-order valence-electron chi connectivity index (χ2n) is 5.83. The third kappa shape index (κ3) is 5.60. The molecular formula is C23H25O3S+. The summed E-state index contributed by atoms with van der Waals surface area (Å²) < 4.78 is 16.6. The molecule has 3 aromatic carbocycles. The summed E-state index contributed by atoms with van der Waals surface area (Å²) in [6.45, 7) is 2.24. The van der Waals surface area contributed by atoms with E-state index in [1.54, 1.807) is 7.11 Å². The van der Waals surface area contributed by atoms with Gasteiger partial charge in [-0.25, -0.2) is 0 Å². The Morgan fingerprint density at radius 3 is 1.81 bits per heavy atom. The summed E-state index contributed by atoms with van der Waals surface area (Å²) in [7, 11) is 1.45. The van der Waals surface area contributed by atoms with Crippen LogP contribution in [0.1, 0.15) is 0 Å². The van der Waals surface area contributed by atoms with Gasteiger partial charge in [-0.05, 0) is 36.4 Å². The molecule has 27 heavy (non-hydrogen) atoms. The number of hydrogen-bond donors (Lipinski definition) is 0. The maximum Gasteiger partial charge on any atom is 0.208 e. The average molecular weight is 382 g/mol. The van der Waals surface area contributed by atoms with Crippen molar-refractivity contribution in [1.82, 2.24) is 0 Å². The Labute approximate surface area is 164 Å². The highest BCUT2D eigenvalue weighted by molar-refractivity contribution is 7.97. The van der Waals surface area contributed by atoms with Crippen LogP contribution in [0.2, 0.25) is 0 Å². The van der Waals surface area contributed by atoms with E-state index >= 15 is 0 Å². The van der Waals surface area contributed by atoms with Crippen molar-refractivity contribution in [2.24, 2.45) is 0 Å². The summed E-state index contributed by atoms with van der Waals surface area (Å²) in [6, 6.07) is 29.5. The molecule has 0 aromatic heterocycles. The first-order chi connectivity index (χ1) is 13.4. The summed E-state index contributed by atoms with van der Waals surface area (Å²) in [5, 5.41) is 0. The fourth-order valence-electron chi connectivity index (χ4n) is 2.70. The molecule has 0 N–H and O–H groups in total. The van der Waals surface area contributed by atoms with Gasteiger partial charge in [0.25, 0.3) is 0 Å². The van der Waals surface area contributed by atoms with Gasteiger partial charge in [-0.3, -0.25) is 0 Å². The van der Waals surface area contributed by atoms with Crippen LogP contribution in [-0.2, 0) is 20.4 Å². The van der Waals surface area contributed by atoms with E-state index in [9.17, 15) is 0 Å². The summed E-state index contributed by atoms with van der Waals surface area (Å²) in [5.41, 5.74) is 0. The molecule has 0 bridgehead atoms. The Kier molecular flexibility index (Phi) is 7.78. The first kappa shape index (κ1) is 19.5. The van der Waals surface area contributed by atoms with Crippen LogP contribution in [0.25, 0.3) is 0 Å². The average Bonchev–Trinajstić information content (AvgIpc) is 2.73. The Hall–Kier alpha value is -2.27. The maximum absolute atomic E-state index is 6.08. The Balaban J connectivity index is 1.83. The van der Waals surface area contributed by atoms with Crippen molar-refractivity contribution >= 4 is 10.9 Å². The van der Waals surface area contributed by atoms with Crippen molar-refractivity contribution in [2.45, 2.75) is 14.7 Å². The Bertz CT molecular complexity index is 753. The molecular weight excluding hydrogens is 356 g/mol. The molecule has 0 heterocycles. The third-order valence-corrected chi connectivity index (χ3v) is 6.21. The van der Waals surface area contributed by atoms with Gasteiger partial charge < -0.3 is 14.2 Å². The van der Waals surface area contributed by atoms with E-state index in [2.05, 4.69) is 72.8 Å². The van der Waals surface area contributed by atoms with E-state index in [0.29, 0.717) is 26.4 Å². The fourth-order valence-corrected chi connectivity index (χ4v) is 4.88. The quantitative estimate of drug-likeness (QED) is 0.372. The highest BCUT2D eigenvalue weighted by atomic mass is 32.2. The number of para-hydroxylation sites is 1. The van der Waals surface area contributed by atoms with Crippen LogP contribution in [0.3, 0.4) is 0 Å². The monoisotopic (exact) mass is 381 g/mol. The van der Waals surface area contributed by atoms with Crippen LogP contribution in [0.5, 0.6) is 5.75 Å². The lowest BCUT2D eigenvalue weighted by molar-refractivity contribution is 0.0540. The first-order valence-electron chi connectivity index (χ1n) is 9.03. The van der Waals surface area contributed by atoms with Crippen molar-refractivity contribution in [3.05, 3.63) is 84.9 Å². The minimum absolute atomic E-state index is 0.222.